The van der Waals surface area contributed by atoms with Crippen LogP contribution in [0.25, 0.3) is 0 Å². The predicted octanol–water partition coefficient (Wildman–Crippen LogP) is -3.91. The summed E-state index contributed by atoms with van der Waals surface area (Å²) < 4.78 is 0. The molecule has 5 amide bonds. The van der Waals surface area contributed by atoms with Crippen LogP contribution in [0.2, 0.25) is 0 Å². The number of aliphatic carboxylic acids is 1. The second kappa shape index (κ2) is 16.7. The van der Waals surface area contributed by atoms with E-state index in [0.29, 0.717) is 6.42 Å². The average molecular weight is 530 g/mol. The third-order valence-electron chi connectivity index (χ3n) is 5.42. The Labute approximate surface area is 214 Å². The second-order valence-corrected chi connectivity index (χ2v) is 8.56. The first-order valence-corrected chi connectivity index (χ1v) is 11.7. The molecule has 0 rings (SSSR count). The van der Waals surface area contributed by atoms with E-state index >= 15 is 0 Å². The van der Waals surface area contributed by atoms with Crippen molar-refractivity contribution < 1.29 is 33.9 Å². The number of carboxylic acids is 1. The van der Waals surface area contributed by atoms with Crippen molar-refractivity contribution in [2.75, 3.05) is 6.54 Å². The van der Waals surface area contributed by atoms with Crippen molar-refractivity contribution in [1.82, 2.24) is 16.0 Å². The molecule has 14 N–H and O–H groups in total. The molecule has 0 saturated heterocycles. The smallest absolute Gasteiger partial charge is 0.326 e. The van der Waals surface area contributed by atoms with Crippen LogP contribution in [0.4, 0.5) is 0 Å². The molecule has 0 aromatic rings. The zero-order chi connectivity index (χ0) is 28.7. The molecule has 0 aromatic carbocycles. The normalized spacial score (nSPS) is 14.7. The van der Waals surface area contributed by atoms with Crippen LogP contribution < -0.4 is 44.6 Å². The van der Waals surface area contributed by atoms with E-state index in [4.69, 9.17) is 28.7 Å². The summed E-state index contributed by atoms with van der Waals surface area (Å²) in [4.78, 5) is 75.9. The molecule has 0 fully saturated rings. The van der Waals surface area contributed by atoms with Crippen molar-refractivity contribution >= 4 is 41.5 Å². The summed E-state index contributed by atoms with van der Waals surface area (Å²) in [5.74, 6) is -5.88. The third kappa shape index (κ3) is 13.6. The fourth-order valence-electron chi connectivity index (χ4n) is 3.12. The van der Waals surface area contributed by atoms with Gasteiger partial charge in [-0.2, -0.15) is 0 Å². The molecule has 0 aromatic heterocycles. The maximum absolute atomic E-state index is 13.1. The van der Waals surface area contributed by atoms with Crippen LogP contribution in [0.15, 0.2) is 4.99 Å². The second-order valence-electron chi connectivity index (χ2n) is 8.56. The van der Waals surface area contributed by atoms with Gasteiger partial charge in [0, 0.05) is 13.0 Å². The average Bonchev–Trinajstić information content (AvgIpc) is 2.79. The monoisotopic (exact) mass is 529 g/mol. The number of rotatable bonds is 18. The van der Waals surface area contributed by atoms with Crippen LogP contribution in [0.5, 0.6) is 0 Å². The van der Waals surface area contributed by atoms with Gasteiger partial charge in [0.15, 0.2) is 5.96 Å². The van der Waals surface area contributed by atoms with Gasteiger partial charge >= 0.3 is 5.97 Å². The highest BCUT2D eigenvalue weighted by Crippen LogP contribution is 2.10. The first-order chi connectivity index (χ1) is 17.2. The van der Waals surface area contributed by atoms with E-state index in [1.807, 2.05) is 0 Å². The Morgan fingerprint density at radius 1 is 0.838 bits per heavy atom. The van der Waals surface area contributed by atoms with Crippen LogP contribution in [0.3, 0.4) is 0 Å². The zero-order valence-corrected chi connectivity index (χ0v) is 21.1. The van der Waals surface area contributed by atoms with Crippen molar-refractivity contribution in [1.29, 1.82) is 0 Å². The zero-order valence-electron chi connectivity index (χ0n) is 21.1. The van der Waals surface area contributed by atoms with Gasteiger partial charge in [-0.1, -0.05) is 20.3 Å². The van der Waals surface area contributed by atoms with Crippen molar-refractivity contribution in [2.24, 2.45) is 39.6 Å². The Balaban J connectivity index is 5.72. The molecule has 16 heteroatoms. The number of carbonyl (C=O) groups excluding carboxylic acids is 5. The third-order valence-corrected chi connectivity index (χ3v) is 5.42. The van der Waals surface area contributed by atoms with Crippen molar-refractivity contribution in [3.63, 3.8) is 0 Å². The lowest BCUT2D eigenvalue weighted by atomic mass is 9.97. The molecular formula is C21H39N9O7. The fraction of sp³-hybridized carbons (Fsp3) is 0.667. The molecule has 0 heterocycles. The van der Waals surface area contributed by atoms with E-state index in [1.54, 1.807) is 13.8 Å². The summed E-state index contributed by atoms with van der Waals surface area (Å²) in [7, 11) is 0. The summed E-state index contributed by atoms with van der Waals surface area (Å²) in [6, 6.07) is -5.08. The molecule has 5 atom stereocenters. The number of amides is 5. The highest BCUT2D eigenvalue weighted by Gasteiger charge is 2.32. The molecular weight excluding hydrogens is 490 g/mol. The van der Waals surface area contributed by atoms with Crippen molar-refractivity contribution in [2.45, 2.75) is 76.5 Å². The van der Waals surface area contributed by atoms with E-state index in [2.05, 4.69) is 20.9 Å². The first kappa shape index (κ1) is 33.0. The van der Waals surface area contributed by atoms with Gasteiger partial charge in [0.05, 0.1) is 12.5 Å². The van der Waals surface area contributed by atoms with Gasteiger partial charge in [0.2, 0.25) is 29.5 Å². The lowest BCUT2D eigenvalue weighted by molar-refractivity contribution is -0.142. The summed E-state index contributed by atoms with van der Waals surface area (Å²) in [6.07, 6.45) is -0.268. The minimum absolute atomic E-state index is 0.0128. The predicted molar refractivity (Wildman–Crippen MR) is 133 cm³/mol. The molecule has 210 valence electrons. The maximum Gasteiger partial charge on any atom is 0.326 e. The van der Waals surface area contributed by atoms with E-state index in [9.17, 15) is 33.9 Å². The molecule has 0 spiro atoms. The van der Waals surface area contributed by atoms with Crippen LogP contribution in [-0.2, 0) is 28.8 Å². The van der Waals surface area contributed by atoms with Crippen molar-refractivity contribution in [3.8, 4) is 0 Å². The van der Waals surface area contributed by atoms with E-state index in [1.165, 1.54) is 0 Å². The topological polar surface area (TPSA) is 301 Å². The molecule has 0 aliphatic carbocycles. The number of guanidine groups is 1. The highest BCUT2D eigenvalue weighted by molar-refractivity contribution is 5.95. The van der Waals surface area contributed by atoms with Crippen LogP contribution >= 0.6 is 0 Å². The largest absolute Gasteiger partial charge is 0.480 e. The van der Waals surface area contributed by atoms with Gasteiger partial charge in [-0.25, -0.2) is 4.79 Å². The number of carboxylic acid groups (broad SMARTS) is 1. The lowest BCUT2D eigenvalue weighted by Gasteiger charge is -2.28. The van der Waals surface area contributed by atoms with E-state index in [-0.39, 0.29) is 38.2 Å². The SMILES string of the molecule is CCC(C)C(NC(=O)C(N)CC(N)=O)C(=O)NC(CCCN=C(N)N)C(=O)NC(CCC(N)=O)C(=O)O. The molecule has 0 radical (unpaired) electrons. The molecule has 0 saturated carbocycles. The van der Waals surface area contributed by atoms with Crippen molar-refractivity contribution in [3.05, 3.63) is 0 Å². The van der Waals surface area contributed by atoms with E-state index < -0.39 is 72.0 Å². The van der Waals surface area contributed by atoms with Gasteiger partial charge in [0.1, 0.15) is 18.1 Å². The highest BCUT2D eigenvalue weighted by atomic mass is 16.4. The van der Waals surface area contributed by atoms with E-state index in [0.717, 1.165) is 0 Å². The summed E-state index contributed by atoms with van der Waals surface area (Å²) >= 11 is 0. The number of nitrogens with one attached hydrogen (secondary N) is 3. The molecule has 0 aliphatic heterocycles. The van der Waals surface area contributed by atoms with Gasteiger partial charge in [0.25, 0.3) is 0 Å². The van der Waals surface area contributed by atoms with Gasteiger partial charge in [-0.3, -0.25) is 29.0 Å². The fourth-order valence-corrected chi connectivity index (χ4v) is 3.12. The van der Waals surface area contributed by atoms with Crippen LogP contribution in [0, 0.1) is 5.92 Å². The number of aliphatic imine (C=N–C) groups is 1. The number of nitrogens with two attached hydrogens (primary N) is 5. The minimum atomic E-state index is -1.44. The van der Waals surface area contributed by atoms with Crippen LogP contribution in [0.1, 0.15) is 52.4 Å². The Bertz CT molecular complexity index is 861. The van der Waals surface area contributed by atoms with Gasteiger partial charge in [-0.05, 0) is 25.2 Å². The number of hydrogen-bond acceptors (Lipinski definition) is 8. The Morgan fingerprint density at radius 2 is 1.43 bits per heavy atom. The number of nitrogens with zero attached hydrogens (tertiary/aromatic N) is 1. The summed E-state index contributed by atoms with van der Waals surface area (Å²) in [5.41, 5.74) is 26.4. The Morgan fingerprint density at radius 3 is 1.92 bits per heavy atom. The van der Waals surface area contributed by atoms with Gasteiger partial charge in [-0.15, -0.1) is 0 Å². The number of hydrogen-bond donors (Lipinski definition) is 9. The lowest BCUT2D eigenvalue weighted by Crippen LogP contribution is -2.58. The number of carbonyl (C=O) groups is 6. The standard InChI is InChI=1S/C21H39N9O7/c1-3-10(2)16(30-17(33)11(22)9-15(24)32)19(35)28-12(5-4-8-27-21(25)26)18(34)29-13(20(36)37)6-7-14(23)31/h10-13,16H,3-9,22H2,1-2H3,(H2,23,31)(H2,24,32)(H,28,35)(H,29,34)(H,30,33)(H,36,37)(H4,25,26,27). The van der Waals surface area contributed by atoms with Gasteiger partial charge < -0.3 is 49.7 Å². The molecule has 0 aliphatic rings. The molecule has 0 bridgehead atoms. The first-order valence-electron chi connectivity index (χ1n) is 11.7. The summed E-state index contributed by atoms with van der Waals surface area (Å²) in [5, 5.41) is 16.7. The number of primary amides is 2. The molecule has 16 nitrogen and oxygen atoms in total. The maximum atomic E-state index is 13.1. The molecule has 5 unspecified atom stereocenters. The van der Waals surface area contributed by atoms with Crippen LogP contribution in [-0.4, -0.2) is 77.3 Å². The molecule has 37 heavy (non-hydrogen) atoms. The quantitative estimate of drug-likeness (QED) is 0.0472. The summed E-state index contributed by atoms with van der Waals surface area (Å²) in [6.45, 7) is 3.58. The Kier molecular flexibility index (Phi) is 14.9. The Hall–Kier alpha value is -3.95. The minimum Gasteiger partial charge on any atom is -0.480 e.